The Balaban J connectivity index is 0.00000480. The summed E-state index contributed by atoms with van der Waals surface area (Å²) in [4.78, 5) is 20.3. The summed E-state index contributed by atoms with van der Waals surface area (Å²) in [5.74, 6) is 1.30. The number of nitrogens with one attached hydrogen (secondary N) is 1. The van der Waals surface area contributed by atoms with Crippen molar-refractivity contribution in [2.24, 2.45) is 10.7 Å². The zero-order chi connectivity index (χ0) is 21.8. The van der Waals surface area contributed by atoms with Crippen molar-refractivity contribution in [3.63, 3.8) is 0 Å². The summed E-state index contributed by atoms with van der Waals surface area (Å²) >= 11 is 0. The van der Waals surface area contributed by atoms with Gasteiger partial charge in [0.1, 0.15) is 12.4 Å². The molecule has 0 atom stereocenters. The van der Waals surface area contributed by atoms with E-state index in [-0.39, 0.29) is 36.1 Å². The van der Waals surface area contributed by atoms with Gasteiger partial charge in [0.2, 0.25) is 0 Å². The summed E-state index contributed by atoms with van der Waals surface area (Å²) in [5.41, 5.74) is 7.13. The molecule has 0 radical (unpaired) electrons. The van der Waals surface area contributed by atoms with Crippen LogP contribution >= 0.6 is 24.0 Å². The molecule has 1 heterocycles. The molecule has 1 aliphatic heterocycles. The van der Waals surface area contributed by atoms with Crippen LogP contribution in [0.25, 0.3) is 0 Å². The minimum Gasteiger partial charge on any atom is -0.492 e. The highest BCUT2D eigenvalue weighted by Gasteiger charge is 2.23. The molecule has 1 fully saturated rings. The van der Waals surface area contributed by atoms with Gasteiger partial charge in [-0.15, -0.1) is 24.0 Å². The number of aliphatic imine (C=N–C) groups is 1. The Bertz CT molecular complexity index is 660. The number of piperidine rings is 1. The Hall–Kier alpha value is -1.75. The third kappa shape index (κ3) is 9.94. The van der Waals surface area contributed by atoms with E-state index in [1.165, 1.54) is 0 Å². The number of halogens is 1. The van der Waals surface area contributed by atoms with Crippen molar-refractivity contribution in [3.8, 4) is 5.75 Å². The number of guanidine groups is 1. The minimum absolute atomic E-state index is 0. The fourth-order valence-corrected chi connectivity index (χ4v) is 3.38. The molecule has 3 N–H and O–H groups in total. The van der Waals surface area contributed by atoms with Gasteiger partial charge in [-0.25, -0.2) is 9.79 Å². The van der Waals surface area contributed by atoms with Crippen LogP contribution < -0.4 is 15.8 Å². The Morgan fingerprint density at radius 1 is 1.19 bits per heavy atom. The minimum atomic E-state index is -0.238. The number of benzene rings is 1. The summed E-state index contributed by atoms with van der Waals surface area (Å²) < 4.78 is 10.9. The van der Waals surface area contributed by atoms with Crippen molar-refractivity contribution < 1.29 is 14.3 Å². The van der Waals surface area contributed by atoms with E-state index in [1.54, 1.807) is 4.90 Å². The molecule has 9 heteroatoms. The normalized spacial score (nSPS) is 14.8. The molecule has 1 aromatic rings. The van der Waals surface area contributed by atoms with Crippen LogP contribution in [0.3, 0.4) is 0 Å². The van der Waals surface area contributed by atoms with E-state index in [1.807, 2.05) is 31.2 Å². The highest BCUT2D eigenvalue weighted by molar-refractivity contribution is 14.0. The molecule has 2 rings (SSSR count). The van der Waals surface area contributed by atoms with E-state index in [2.05, 4.69) is 29.1 Å². The summed E-state index contributed by atoms with van der Waals surface area (Å²) in [5, 5.41) is 3.26. The van der Waals surface area contributed by atoms with Crippen LogP contribution in [-0.2, 0) is 11.3 Å². The SMILES string of the molecule is CCOC(=O)N1CCC(NC(N)=NCc2ccc(OCCN(CC)CC)cc2)CC1.I. The number of likely N-dealkylation sites (N-methyl/N-ethyl adjacent to an activating group) is 1. The van der Waals surface area contributed by atoms with Crippen LogP contribution in [0.4, 0.5) is 4.79 Å². The first-order valence-corrected chi connectivity index (χ1v) is 11.0. The van der Waals surface area contributed by atoms with E-state index in [9.17, 15) is 4.79 Å². The van der Waals surface area contributed by atoms with Crippen molar-refractivity contribution in [1.29, 1.82) is 0 Å². The van der Waals surface area contributed by atoms with E-state index < -0.39 is 0 Å². The Morgan fingerprint density at radius 2 is 1.84 bits per heavy atom. The highest BCUT2D eigenvalue weighted by Crippen LogP contribution is 2.14. The van der Waals surface area contributed by atoms with Gasteiger partial charge in [-0.2, -0.15) is 0 Å². The topological polar surface area (TPSA) is 92.4 Å². The molecule has 1 aliphatic rings. The van der Waals surface area contributed by atoms with Crippen LogP contribution in [0.5, 0.6) is 5.75 Å². The lowest BCUT2D eigenvalue weighted by Gasteiger charge is -2.31. The smallest absolute Gasteiger partial charge is 0.409 e. The van der Waals surface area contributed by atoms with Crippen LogP contribution in [0, 0.1) is 0 Å². The molecule has 0 aromatic heterocycles. The lowest BCUT2D eigenvalue weighted by atomic mass is 10.1. The summed E-state index contributed by atoms with van der Waals surface area (Å²) in [7, 11) is 0. The largest absolute Gasteiger partial charge is 0.492 e. The predicted octanol–water partition coefficient (Wildman–Crippen LogP) is 3.05. The van der Waals surface area contributed by atoms with Crippen LogP contribution in [0.1, 0.15) is 39.2 Å². The number of carbonyl (C=O) groups excluding carboxylic acids is 1. The number of nitrogens with two attached hydrogens (primary N) is 1. The number of carbonyl (C=O) groups is 1. The Labute approximate surface area is 203 Å². The van der Waals surface area contributed by atoms with E-state index in [0.717, 1.165) is 43.8 Å². The van der Waals surface area contributed by atoms with Crippen molar-refractivity contribution in [2.45, 2.75) is 46.2 Å². The molecule has 8 nitrogen and oxygen atoms in total. The molecule has 0 aliphatic carbocycles. The van der Waals surface area contributed by atoms with Gasteiger partial charge in [-0.05, 0) is 50.6 Å². The van der Waals surface area contributed by atoms with E-state index in [0.29, 0.717) is 38.8 Å². The number of rotatable bonds is 10. The molecular formula is C22H38IN5O3. The molecule has 1 saturated heterocycles. The zero-order valence-electron chi connectivity index (χ0n) is 19.0. The van der Waals surface area contributed by atoms with Gasteiger partial charge in [-0.3, -0.25) is 0 Å². The lowest BCUT2D eigenvalue weighted by Crippen LogP contribution is -2.48. The monoisotopic (exact) mass is 547 g/mol. The molecule has 0 bridgehead atoms. The Morgan fingerprint density at radius 3 is 2.42 bits per heavy atom. The number of likely N-dealkylation sites (tertiary alicyclic amines) is 1. The third-order valence-electron chi connectivity index (χ3n) is 5.30. The summed E-state index contributed by atoms with van der Waals surface area (Å²) in [6.45, 7) is 12.1. The maximum atomic E-state index is 11.7. The van der Waals surface area contributed by atoms with Crippen molar-refractivity contribution >= 4 is 36.0 Å². The molecule has 176 valence electrons. The van der Waals surface area contributed by atoms with E-state index in [4.69, 9.17) is 15.2 Å². The van der Waals surface area contributed by atoms with Crippen LogP contribution in [0.15, 0.2) is 29.3 Å². The molecule has 0 saturated carbocycles. The van der Waals surface area contributed by atoms with Crippen LogP contribution in [0.2, 0.25) is 0 Å². The van der Waals surface area contributed by atoms with Gasteiger partial charge in [0.25, 0.3) is 0 Å². The fourth-order valence-electron chi connectivity index (χ4n) is 3.38. The zero-order valence-corrected chi connectivity index (χ0v) is 21.3. The molecular weight excluding hydrogens is 509 g/mol. The summed E-state index contributed by atoms with van der Waals surface area (Å²) in [6, 6.07) is 8.20. The number of hydrogen-bond acceptors (Lipinski definition) is 5. The predicted molar refractivity (Wildman–Crippen MR) is 135 cm³/mol. The van der Waals surface area contributed by atoms with Gasteiger partial charge in [0, 0.05) is 25.7 Å². The first kappa shape index (κ1) is 27.3. The van der Waals surface area contributed by atoms with Gasteiger partial charge in [0.05, 0.1) is 13.2 Å². The summed E-state index contributed by atoms with van der Waals surface area (Å²) in [6.07, 6.45) is 1.42. The molecule has 0 spiro atoms. The van der Waals surface area contributed by atoms with E-state index >= 15 is 0 Å². The average Bonchev–Trinajstić information content (AvgIpc) is 2.77. The first-order valence-electron chi connectivity index (χ1n) is 11.0. The molecule has 31 heavy (non-hydrogen) atoms. The average molecular weight is 547 g/mol. The second-order valence-electron chi connectivity index (χ2n) is 7.33. The van der Waals surface area contributed by atoms with Gasteiger partial charge >= 0.3 is 6.09 Å². The van der Waals surface area contributed by atoms with Crippen molar-refractivity contribution in [3.05, 3.63) is 29.8 Å². The van der Waals surface area contributed by atoms with Crippen molar-refractivity contribution in [1.82, 2.24) is 15.1 Å². The van der Waals surface area contributed by atoms with Gasteiger partial charge in [0.15, 0.2) is 5.96 Å². The number of ether oxygens (including phenoxy) is 2. The third-order valence-corrected chi connectivity index (χ3v) is 5.30. The lowest BCUT2D eigenvalue weighted by molar-refractivity contribution is 0.0963. The van der Waals surface area contributed by atoms with Crippen molar-refractivity contribution in [2.75, 3.05) is 45.9 Å². The van der Waals surface area contributed by atoms with Gasteiger partial charge in [-0.1, -0.05) is 26.0 Å². The second-order valence-corrected chi connectivity index (χ2v) is 7.33. The maximum absolute atomic E-state index is 11.7. The fraction of sp³-hybridized carbons (Fsp3) is 0.636. The molecule has 0 unspecified atom stereocenters. The maximum Gasteiger partial charge on any atom is 0.409 e. The molecule has 1 amide bonds. The quantitative estimate of drug-likeness (QED) is 0.266. The second kappa shape index (κ2) is 15.1. The Kier molecular flexibility index (Phi) is 13.3. The molecule has 1 aromatic carbocycles. The first-order chi connectivity index (χ1) is 14.5. The number of amides is 1. The standard InChI is InChI=1S/C22H37N5O3.HI/c1-4-26(5-2)15-16-30-20-9-7-18(8-10-20)17-24-21(23)25-19-11-13-27(14-12-19)22(28)29-6-3;/h7-10,19H,4-6,11-17H2,1-3H3,(H3,23,24,25);1H. The number of hydrogen-bond donors (Lipinski definition) is 2. The number of nitrogens with zero attached hydrogens (tertiary/aromatic N) is 3. The van der Waals surface area contributed by atoms with Crippen LogP contribution in [-0.4, -0.2) is 73.8 Å². The highest BCUT2D eigenvalue weighted by atomic mass is 127. The van der Waals surface area contributed by atoms with Gasteiger partial charge < -0.3 is 30.3 Å².